The maximum atomic E-state index is 11.9. The Labute approximate surface area is 149 Å². The summed E-state index contributed by atoms with van der Waals surface area (Å²) in [6.07, 6.45) is 1.86. The molecule has 2 heterocycles. The highest BCUT2D eigenvalue weighted by Gasteiger charge is 2.26. The molecule has 0 unspecified atom stereocenters. The van der Waals surface area contributed by atoms with Crippen LogP contribution >= 0.6 is 0 Å². The third-order valence-corrected chi connectivity index (χ3v) is 4.98. The molecule has 1 saturated heterocycles. The van der Waals surface area contributed by atoms with Gasteiger partial charge in [-0.1, -0.05) is 18.2 Å². The number of carbonyl (C=O) groups excluding carboxylic acids is 1. The van der Waals surface area contributed by atoms with Crippen LogP contribution in [-0.2, 0) is 6.54 Å². The molecule has 132 valence electrons. The Bertz CT molecular complexity index is 746. The van der Waals surface area contributed by atoms with Gasteiger partial charge in [0.15, 0.2) is 0 Å². The number of amides is 1. The summed E-state index contributed by atoms with van der Waals surface area (Å²) < 4.78 is 0. The van der Waals surface area contributed by atoms with E-state index in [1.54, 1.807) is 7.05 Å². The van der Waals surface area contributed by atoms with E-state index in [-0.39, 0.29) is 11.9 Å². The number of piperazine rings is 1. The molecule has 1 amide bonds. The molecule has 1 atom stereocenters. The number of pyridine rings is 1. The number of rotatable bonds is 4. The Morgan fingerprint density at radius 2 is 2.12 bits per heavy atom. The normalized spacial score (nSPS) is 18.9. The van der Waals surface area contributed by atoms with Gasteiger partial charge in [-0.2, -0.15) is 0 Å². The van der Waals surface area contributed by atoms with Crippen molar-refractivity contribution in [1.82, 2.24) is 20.1 Å². The molecular formula is C20H26N4O. The summed E-state index contributed by atoms with van der Waals surface area (Å²) >= 11 is 0. The minimum Gasteiger partial charge on any atom is -0.355 e. The van der Waals surface area contributed by atoms with E-state index in [2.05, 4.69) is 46.2 Å². The Morgan fingerprint density at radius 1 is 1.28 bits per heavy atom. The number of carbonyl (C=O) groups is 1. The van der Waals surface area contributed by atoms with Crippen LogP contribution in [0.25, 0.3) is 0 Å². The molecule has 5 heteroatoms. The second-order valence-corrected chi connectivity index (χ2v) is 6.70. The van der Waals surface area contributed by atoms with Crippen LogP contribution in [0.3, 0.4) is 0 Å². The van der Waals surface area contributed by atoms with Crippen molar-refractivity contribution in [2.75, 3.05) is 33.7 Å². The zero-order valence-corrected chi connectivity index (χ0v) is 15.2. The van der Waals surface area contributed by atoms with Gasteiger partial charge in [0.05, 0.1) is 5.69 Å². The van der Waals surface area contributed by atoms with E-state index >= 15 is 0 Å². The molecule has 1 fully saturated rings. The molecule has 0 saturated carbocycles. The van der Waals surface area contributed by atoms with Crippen LogP contribution in [0.2, 0.25) is 0 Å². The largest absolute Gasteiger partial charge is 0.355 e. The highest BCUT2D eigenvalue weighted by molar-refractivity contribution is 5.94. The van der Waals surface area contributed by atoms with Gasteiger partial charge in [0, 0.05) is 51.0 Å². The minimum absolute atomic E-state index is 0.0405. The minimum atomic E-state index is -0.0405. The Kier molecular flexibility index (Phi) is 5.46. The number of likely N-dealkylation sites (N-methyl/N-ethyl adjacent to an activating group) is 1. The summed E-state index contributed by atoms with van der Waals surface area (Å²) in [5, 5.41) is 2.70. The number of nitrogens with zero attached hydrogens (tertiary/aromatic N) is 3. The van der Waals surface area contributed by atoms with Gasteiger partial charge >= 0.3 is 0 Å². The zero-order valence-electron chi connectivity index (χ0n) is 15.2. The van der Waals surface area contributed by atoms with Crippen LogP contribution in [0, 0.1) is 6.92 Å². The number of nitrogens with one attached hydrogen (secondary N) is 1. The predicted molar refractivity (Wildman–Crippen MR) is 99.5 cm³/mol. The fourth-order valence-electron chi connectivity index (χ4n) is 3.36. The molecule has 0 spiro atoms. The van der Waals surface area contributed by atoms with E-state index < -0.39 is 0 Å². The topological polar surface area (TPSA) is 48.5 Å². The third-order valence-electron chi connectivity index (χ3n) is 4.98. The van der Waals surface area contributed by atoms with Gasteiger partial charge in [-0.25, -0.2) is 0 Å². The standard InChI is InChI=1S/C20H26N4O/c1-15-6-5-9-22-18(15)13-24-11-10-23(3)19(14-24)16-7-4-8-17(12-16)20(25)21-2/h4-9,12,19H,10-11,13-14H2,1-3H3,(H,21,25)/t19-/m0/s1. The number of benzene rings is 1. The molecule has 0 radical (unpaired) electrons. The Morgan fingerprint density at radius 3 is 2.88 bits per heavy atom. The molecule has 5 nitrogen and oxygen atoms in total. The summed E-state index contributed by atoms with van der Waals surface area (Å²) in [6, 6.07) is 12.3. The molecule has 1 aromatic heterocycles. The highest BCUT2D eigenvalue weighted by atomic mass is 16.1. The highest BCUT2D eigenvalue weighted by Crippen LogP contribution is 2.26. The SMILES string of the molecule is CNC(=O)c1cccc([C@@H]2CN(Cc3ncccc3C)CCN2C)c1. The molecule has 2 aromatic rings. The van der Waals surface area contributed by atoms with Crippen molar-refractivity contribution >= 4 is 5.91 Å². The van der Waals surface area contributed by atoms with Gasteiger partial charge in [-0.05, 0) is 43.3 Å². The number of hydrogen-bond acceptors (Lipinski definition) is 4. The monoisotopic (exact) mass is 338 g/mol. The lowest BCUT2D eigenvalue weighted by Crippen LogP contribution is -2.46. The molecule has 1 aliphatic rings. The lowest BCUT2D eigenvalue weighted by atomic mass is 10.00. The third kappa shape index (κ3) is 4.06. The number of aromatic nitrogens is 1. The van der Waals surface area contributed by atoms with Gasteiger partial charge in [0.25, 0.3) is 5.91 Å². The van der Waals surface area contributed by atoms with Crippen molar-refractivity contribution in [2.45, 2.75) is 19.5 Å². The summed E-state index contributed by atoms with van der Waals surface area (Å²) in [6.45, 7) is 5.94. The first-order valence-corrected chi connectivity index (χ1v) is 8.73. The molecular weight excluding hydrogens is 312 g/mol. The molecule has 3 rings (SSSR count). The summed E-state index contributed by atoms with van der Waals surface area (Å²) in [7, 11) is 3.82. The van der Waals surface area contributed by atoms with E-state index in [0.29, 0.717) is 5.56 Å². The van der Waals surface area contributed by atoms with Gasteiger partial charge in [0.2, 0.25) is 0 Å². The Balaban J connectivity index is 1.77. The van der Waals surface area contributed by atoms with Crippen molar-refractivity contribution in [1.29, 1.82) is 0 Å². The summed E-state index contributed by atoms with van der Waals surface area (Å²) in [4.78, 5) is 21.3. The van der Waals surface area contributed by atoms with E-state index in [1.807, 2.05) is 30.5 Å². The molecule has 0 bridgehead atoms. The van der Waals surface area contributed by atoms with Crippen LogP contribution in [0.15, 0.2) is 42.6 Å². The fraction of sp³-hybridized carbons (Fsp3) is 0.400. The maximum Gasteiger partial charge on any atom is 0.251 e. The predicted octanol–water partition coefficient (Wildman–Crippen LogP) is 2.24. The first-order valence-electron chi connectivity index (χ1n) is 8.73. The van der Waals surface area contributed by atoms with Crippen LogP contribution < -0.4 is 5.32 Å². The first kappa shape index (κ1) is 17.6. The van der Waals surface area contributed by atoms with Crippen LogP contribution in [0.1, 0.15) is 33.2 Å². The van der Waals surface area contributed by atoms with Crippen molar-refractivity contribution in [3.63, 3.8) is 0 Å². The maximum absolute atomic E-state index is 11.9. The van der Waals surface area contributed by atoms with Gasteiger partial charge < -0.3 is 5.32 Å². The molecule has 1 aromatic carbocycles. The average Bonchev–Trinajstić information content (AvgIpc) is 2.64. The molecule has 0 aliphatic carbocycles. The Hall–Kier alpha value is -2.24. The quantitative estimate of drug-likeness (QED) is 0.929. The molecule has 1 N–H and O–H groups in total. The summed E-state index contributed by atoms with van der Waals surface area (Å²) in [5.41, 5.74) is 4.28. The lowest BCUT2D eigenvalue weighted by molar-refractivity contribution is 0.0891. The van der Waals surface area contributed by atoms with Crippen LogP contribution in [-0.4, -0.2) is 54.4 Å². The van der Waals surface area contributed by atoms with E-state index in [1.165, 1.54) is 11.1 Å². The van der Waals surface area contributed by atoms with Crippen LogP contribution in [0.5, 0.6) is 0 Å². The smallest absolute Gasteiger partial charge is 0.251 e. The van der Waals surface area contributed by atoms with Crippen LogP contribution in [0.4, 0.5) is 0 Å². The lowest BCUT2D eigenvalue weighted by Gasteiger charge is -2.39. The van der Waals surface area contributed by atoms with Crippen molar-refractivity contribution in [2.24, 2.45) is 0 Å². The average molecular weight is 338 g/mol. The second-order valence-electron chi connectivity index (χ2n) is 6.70. The van der Waals surface area contributed by atoms with E-state index in [0.717, 1.165) is 31.9 Å². The summed E-state index contributed by atoms with van der Waals surface area (Å²) in [5.74, 6) is -0.0405. The van der Waals surface area contributed by atoms with Gasteiger partial charge in [-0.3, -0.25) is 19.6 Å². The zero-order chi connectivity index (χ0) is 17.8. The second kappa shape index (κ2) is 7.76. The van der Waals surface area contributed by atoms with Crippen molar-refractivity contribution in [3.8, 4) is 0 Å². The van der Waals surface area contributed by atoms with Crippen molar-refractivity contribution in [3.05, 3.63) is 65.0 Å². The number of hydrogen-bond donors (Lipinski definition) is 1. The fourth-order valence-corrected chi connectivity index (χ4v) is 3.36. The number of aryl methyl sites for hydroxylation is 1. The van der Waals surface area contributed by atoms with E-state index in [9.17, 15) is 4.79 Å². The van der Waals surface area contributed by atoms with Crippen molar-refractivity contribution < 1.29 is 4.79 Å². The molecule has 25 heavy (non-hydrogen) atoms. The van der Waals surface area contributed by atoms with E-state index in [4.69, 9.17) is 0 Å². The van der Waals surface area contributed by atoms with Gasteiger partial charge in [-0.15, -0.1) is 0 Å². The first-order chi connectivity index (χ1) is 12.1. The molecule has 1 aliphatic heterocycles. The van der Waals surface area contributed by atoms with Gasteiger partial charge in [0.1, 0.15) is 0 Å².